The van der Waals surface area contributed by atoms with Crippen LogP contribution in [0.25, 0.3) is 28.2 Å². The molecule has 4 rings (SSSR count). The third-order valence-corrected chi connectivity index (χ3v) is 6.91. The van der Waals surface area contributed by atoms with Crippen LogP contribution < -0.4 is 4.72 Å². The third-order valence-electron chi connectivity index (χ3n) is 4.81. The zero-order valence-electron chi connectivity index (χ0n) is 17.1. The summed E-state index contributed by atoms with van der Waals surface area (Å²) in [7, 11) is -4.47. The maximum Gasteiger partial charge on any atom is 0.404 e. The normalized spacial score (nSPS) is 13.2. The Balaban J connectivity index is 1.85. The van der Waals surface area contributed by atoms with Gasteiger partial charge in [-0.3, -0.25) is 14.5 Å². The van der Waals surface area contributed by atoms with Gasteiger partial charge in [0.2, 0.25) is 10.0 Å². The summed E-state index contributed by atoms with van der Waals surface area (Å²) in [5.41, 5.74) is 4.31. The van der Waals surface area contributed by atoms with E-state index in [4.69, 9.17) is 0 Å². The summed E-state index contributed by atoms with van der Waals surface area (Å²) >= 11 is 1.35. The van der Waals surface area contributed by atoms with Crippen molar-refractivity contribution < 1.29 is 21.6 Å². The van der Waals surface area contributed by atoms with Crippen LogP contribution in [0.2, 0.25) is 0 Å². The second-order valence-corrected chi connectivity index (χ2v) is 9.59. The summed E-state index contributed by atoms with van der Waals surface area (Å²) in [6.45, 7) is 2.56. The van der Waals surface area contributed by atoms with E-state index in [1.54, 1.807) is 26.4 Å². The third kappa shape index (κ3) is 4.20. The molecule has 1 atom stereocenters. The van der Waals surface area contributed by atoms with Crippen LogP contribution in [0.4, 0.5) is 13.2 Å². The second-order valence-electron chi connectivity index (χ2n) is 7.16. The summed E-state index contributed by atoms with van der Waals surface area (Å²) < 4.78 is 66.4. The highest BCUT2D eigenvalue weighted by molar-refractivity contribution is 7.89. The number of aromatic nitrogens is 4. The maximum atomic E-state index is 12.8. The number of fused-ring (bicyclic) bond motifs is 1. The lowest BCUT2D eigenvalue weighted by Gasteiger charge is -2.17. The Morgan fingerprint density at radius 2 is 1.97 bits per heavy atom. The summed E-state index contributed by atoms with van der Waals surface area (Å²) in [6, 6.07) is 4.16. The number of alkyl halides is 3. The first-order valence-corrected chi connectivity index (χ1v) is 11.8. The average Bonchev–Trinajstić information content (AvgIpc) is 3.38. The topological polar surface area (TPSA) is 114 Å². The van der Waals surface area contributed by atoms with E-state index in [9.17, 15) is 26.9 Å². The standard InChI is InChI=1S/C20H15F3N6O2S2/c1-11-5-16-18(26-7-11)14(6-24)19(29(16)17-9-32-10-27-17)15-4-3-13(8-25-15)33(30,31)28-12(2)20(21,22)23/h3-5,7-10,12,28H,1-2H3. The molecule has 4 aromatic rings. The Morgan fingerprint density at radius 3 is 2.55 bits per heavy atom. The van der Waals surface area contributed by atoms with Crippen molar-refractivity contribution in [1.29, 1.82) is 5.26 Å². The molecule has 0 saturated heterocycles. The molecule has 8 nitrogen and oxygen atoms in total. The fourth-order valence-electron chi connectivity index (χ4n) is 3.21. The number of nitrogens with zero attached hydrogens (tertiary/aromatic N) is 5. The highest BCUT2D eigenvalue weighted by Crippen LogP contribution is 2.35. The Kier molecular flexibility index (Phi) is 5.69. The number of hydrogen-bond acceptors (Lipinski definition) is 7. The molecule has 170 valence electrons. The molecule has 0 aliphatic carbocycles. The minimum atomic E-state index is -4.73. The number of nitriles is 1. The first kappa shape index (κ1) is 22.8. The minimum absolute atomic E-state index is 0.213. The zero-order valence-corrected chi connectivity index (χ0v) is 18.8. The molecular weight excluding hydrogens is 477 g/mol. The number of aryl methyl sites for hydroxylation is 1. The van der Waals surface area contributed by atoms with Crippen molar-refractivity contribution in [3.8, 4) is 23.3 Å². The van der Waals surface area contributed by atoms with Crippen molar-refractivity contribution in [2.24, 2.45) is 0 Å². The van der Waals surface area contributed by atoms with E-state index in [-0.39, 0.29) is 11.3 Å². The van der Waals surface area contributed by atoms with Gasteiger partial charge in [0.05, 0.1) is 22.4 Å². The number of thiazole rings is 1. The maximum absolute atomic E-state index is 12.8. The van der Waals surface area contributed by atoms with Crippen LogP contribution >= 0.6 is 11.3 Å². The van der Waals surface area contributed by atoms with E-state index in [2.05, 4.69) is 21.0 Å². The van der Waals surface area contributed by atoms with Crippen molar-refractivity contribution in [1.82, 2.24) is 24.2 Å². The Morgan fingerprint density at radius 1 is 1.21 bits per heavy atom. The molecule has 0 bridgehead atoms. The second kappa shape index (κ2) is 8.22. The molecular formula is C20H15F3N6O2S2. The predicted octanol–water partition coefficient (Wildman–Crippen LogP) is 3.95. The van der Waals surface area contributed by atoms with Gasteiger partial charge < -0.3 is 0 Å². The highest BCUT2D eigenvalue weighted by Gasteiger charge is 2.39. The quantitative estimate of drug-likeness (QED) is 0.451. The monoisotopic (exact) mass is 492 g/mol. The molecule has 0 spiro atoms. The van der Waals surface area contributed by atoms with Crippen molar-refractivity contribution in [2.75, 3.05) is 0 Å². The van der Waals surface area contributed by atoms with Crippen LogP contribution in [0, 0.1) is 18.3 Å². The van der Waals surface area contributed by atoms with Gasteiger partial charge in [-0.25, -0.2) is 13.4 Å². The zero-order chi connectivity index (χ0) is 24.0. The number of pyridine rings is 2. The number of rotatable bonds is 5. The van der Waals surface area contributed by atoms with E-state index >= 15 is 0 Å². The Hall–Kier alpha value is -3.34. The lowest BCUT2D eigenvalue weighted by molar-refractivity contribution is -0.147. The molecule has 0 amide bonds. The molecule has 0 radical (unpaired) electrons. The van der Waals surface area contributed by atoms with Gasteiger partial charge in [-0.1, -0.05) is 0 Å². The van der Waals surface area contributed by atoms with Crippen molar-refractivity contribution in [3.05, 3.63) is 52.6 Å². The fourth-order valence-corrected chi connectivity index (χ4v) is 4.90. The minimum Gasteiger partial charge on any atom is -0.288 e. The molecule has 33 heavy (non-hydrogen) atoms. The van der Waals surface area contributed by atoms with Crippen LogP contribution in [0.15, 0.2) is 46.4 Å². The molecule has 0 aliphatic rings. The van der Waals surface area contributed by atoms with Crippen LogP contribution in [-0.4, -0.2) is 40.2 Å². The van der Waals surface area contributed by atoms with Crippen molar-refractivity contribution in [2.45, 2.75) is 31.0 Å². The van der Waals surface area contributed by atoms with Gasteiger partial charge >= 0.3 is 6.18 Å². The van der Waals surface area contributed by atoms with Gasteiger partial charge in [0.25, 0.3) is 0 Å². The van der Waals surface area contributed by atoms with E-state index in [1.165, 1.54) is 17.4 Å². The van der Waals surface area contributed by atoms with Crippen molar-refractivity contribution in [3.63, 3.8) is 0 Å². The SMILES string of the molecule is Cc1cnc2c(C#N)c(-c3ccc(S(=O)(=O)NC(C)C(F)(F)F)cn3)n(-c3cscn3)c2c1. The predicted molar refractivity (Wildman–Crippen MR) is 115 cm³/mol. The van der Waals surface area contributed by atoms with Crippen LogP contribution in [-0.2, 0) is 10.0 Å². The van der Waals surface area contributed by atoms with Gasteiger partial charge in [-0.15, -0.1) is 11.3 Å². The van der Waals surface area contributed by atoms with E-state index < -0.39 is 27.1 Å². The van der Waals surface area contributed by atoms with E-state index in [1.807, 2.05) is 13.0 Å². The first-order valence-electron chi connectivity index (χ1n) is 9.38. The number of halogens is 3. The summed E-state index contributed by atoms with van der Waals surface area (Å²) in [5.74, 6) is 0.521. The number of hydrogen-bond donors (Lipinski definition) is 1. The fraction of sp³-hybridized carbons (Fsp3) is 0.200. The number of sulfonamides is 1. The smallest absolute Gasteiger partial charge is 0.288 e. The van der Waals surface area contributed by atoms with Gasteiger partial charge in [0.1, 0.15) is 33.9 Å². The molecule has 4 aromatic heterocycles. The summed E-state index contributed by atoms with van der Waals surface area (Å²) in [6.07, 6.45) is -2.17. The molecule has 0 saturated carbocycles. The molecule has 13 heteroatoms. The lowest BCUT2D eigenvalue weighted by Crippen LogP contribution is -2.42. The molecule has 1 N–H and O–H groups in total. The molecule has 0 fully saturated rings. The van der Waals surface area contributed by atoms with Gasteiger partial charge in [0, 0.05) is 17.8 Å². The van der Waals surface area contributed by atoms with Crippen LogP contribution in [0.3, 0.4) is 0 Å². The van der Waals surface area contributed by atoms with Gasteiger partial charge in [0.15, 0.2) is 0 Å². The van der Waals surface area contributed by atoms with Crippen molar-refractivity contribution >= 4 is 32.4 Å². The van der Waals surface area contributed by atoms with Crippen LogP contribution in [0.5, 0.6) is 0 Å². The Bertz CT molecular complexity index is 1470. The van der Waals surface area contributed by atoms with Crippen LogP contribution in [0.1, 0.15) is 18.1 Å². The summed E-state index contributed by atoms with van der Waals surface area (Å²) in [4.78, 5) is 12.4. The lowest BCUT2D eigenvalue weighted by atomic mass is 10.1. The molecule has 1 unspecified atom stereocenters. The van der Waals surface area contributed by atoms with E-state index in [0.29, 0.717) is 29.5 Å². The van der Waals surface area contributed by atoms with Gasteiger partial charge in [-0.2, -0.15) is 23.2 Å². The molecule has 0 aromatic carbocycles. The average molecular weight is 493 g/mol. The highest BCUT2D eigenvalue weighted by atomic mass is 32.2. The largest absolute Gasteiger partial charge is 0.404 e. The first-order chi connectivity index (χ1) is 15.5. The Labute approximate surface area is 190 Å². The summed E-state index contributed by atoms with van der Waals surface area (Å²) in [5, 5.41) is 11.6. The van der Waals surface area contributed by atoms with E-state index in [0.717, 1.165) is 17.8 Å². The molecule has 4 heterocycles. The van der Waals surface area contributed by atoms with Gasteiger partial charge in [-0.05, 0) is 37.6 Å². The number of nitrogens with one attached hydrogen (secondary N) is 1. The molecule has 0 aliphatic heterocycles.